The van der Waals surface area contributed by atoms with Crippen LogP contribution in [0, 0.1) is 11.6 Å². The maximum atomic E-state index is 13.1. The predicted octanol–water partition coefficient (Wildman–Crippen LogP) is 3.36. The molecule has 1 aliphatic rings. The zero-order valence-corrected chi connectivity index (χ0v) is 14.0. The largest absolute Gasteiger partial charge is 0.452 e. The molecular weight excluding hydrogens is 342 g/mol. The Kier molecular flexibility index (Phi) is 5.46. The van der Waals surface area contributed by atoms with Gasteiger partial charge in [0.1, 0.15) is 11.6 Å². The molecule has 1 N–H and O–H groups in total. The van der Waals surface area contributed by atoms with Gasteiger partial charge in [0.25, 0.3) is 5.91 Å². The summed E-state index contributed by atoms with van der Waals surface area (Å²) < 4.78 is 31.0. The first kappa shape index (κ1) is 17.8. The Hall–Kier alpha value is -2.96. The van der Waals surface area contributed by atoms with Crippen LogP contribution in [0.15, 0.2) is 42.5 Å². The number of nitrogens with zero attached hydrogens (tertiary/aromatic N) is 1. The van der Waals surface area contributed by atoms with E-state index in [9.17, 15) is 18.4 Å². The molecule has 0 atom stereocenters. The van der Waals surface area contributed by atoms with Crippen LogP contribution in [0.3, 0.4) is 0 Å². The van der Waals surface area contributed by atoms with Gasteiger partial charge in [-0.2, -0.15) is 0 Å². The molecule has 0 saturated carbocycles. The first-order chi connectivity index (χ1) is 12.5. The Bertz CT molecular complexity index is 783. The molecule has 0 spiro atoms. The summed E-state index contributed by atoms with van der Waals surface area (Å²) in [6, 6.07) is 9.73. The fourth-order valence-electron chi connectivity index (χ4n) is 2.81. The maximum absolute atomic E-state index is 13.1. The number of esters is 1. The number of benzene rings is 2. The fourth-order valence-corrected chi connectivity index (χ4v) is 2.81. The lowest BCUT2D eigenvalue weighted by atomic mass is 10.2. The average Bonchev–Trinajstić information content (AvgIpc) is 3.14. The van der Waals surface area contributed by atoms with Crippen LogP contribution in [0.2, 0.25) is 0 Å². The molecule has 1 heterocycles. The lowest BCUT2D eigenvalue weighted by Crippen LogP contribution is -2.21. The van der Waals surface area contributed by atoms with Gasteiger partial charge in [0.15, 0.2) is 6.61 Å². The zero-order chi connectivity index (χ0) is 18.5. The van der Waals surface area contributed by atoms with E-state index < -0.39 is 30.1 Å². The third-order valence-electron chi connectivity index (χ3n) is 4.05. The molecule has 2 aromatic carbocycles. The monoisotopic (exact) mass is 360 g/mol. The molecule has 7 heteroatoms. The van der Waals surface area contributed by atoms with E-state index in [2.05, 4.69) is 10.2 Å². The number of nitrogens with one attached hydrogen (secondary N) is 1. The highest BCUT2D eigenvalue weighted by atomic mass is 19.1. The molecule has 1 saturated heterocycles. The summed E-state index contributed by atoms with van der Waals surface area (Å²) in [7, 11) is 0. The van der Waals surface area contributed by atoms with E-state index in [1.807, 2.05) is 12.1 Å². The third kappa shape index (κ3) is 4.56. The van der Waals surface area contributed by atoms with Crippen molar-refractivity contribution in [2.75, 3.05) is 29.9 Å². The molecule has 136 valence electrons. The van der Waals surface area contributed by atoms with E-state index in [0.717, 1.165) is 30.9 Å². The quantitative estimate of drug-likeness (QED) is 0.831. The number of carbonyl (C=O) groups excluding carboxylic acids is 2. The van der Waals surface area contributed by atoms with Gasteiger partial charge in [0.05, 0.1) is 5.56 Å². The summed E-state index contributed by atoms with van der Waals surface area (Å²) in [5.41, 5.74) is 1.39. The summed E-state index contributed by atoms with van der Waals surface area (Å²) in [4.78, 5) is 25.9. The van der Waals surface area contributed by atoms with Gasteiger partial charge in [-0.3, -0.25) is 4.79 Å². The summed E-state index contributed by atoms with van der Waals surface area (Å²) in [6.07, 6.45) is 2.36. The molecule has 0 aliphatic carbocycles. The molecular formula is C19H18F2N2O3. The van der Waals surface area contributed by atoms with Crippen molar-refractivity contribution in [2.45, 2.75) is 12.8 Å². The summed E-state index contributed by atoms with van der Waals surface area (Å²) in [6.45, 7) is 1.51. The van der Waals surface area contributed by atoms with Gasteiger partial charge in [-0.15, -0.1) is 0 Å². The second-order valence-electron chi connectivity index (χ2n) is 6.02. The number of rotatable bonds is 5. The van der Waals surface area contributed by atoms with Gasteiger partial charge in [-0.25, -0.2) is 13.6 Å². The molecule has 5 nitrogen and oxygen atoms in total. The van der Waals surface area contributed by atoms with E-state index in [1.54, 1.807) is 12.1 Å². The van der Waals surface area contributed by atoms with Gasteiger partial charge < -0.3 is 15.0 Å². The first-order valence-electron chi connectivity index (χ1n) is 8.29. The third-order valence-corrected chi connectivity index (χ3v) is 4.05. The van der Waals surface area contributed by atoms with Crippen LogP contribution in [0.5, 0.6) is 0 Å². The second-order valence-corrected chi connectivity index (χ2v) is 6.02. The Morgan fingerprint density at radius 1 is 1.00 bits per heavy atom. The van der Waals surface area contributed by atoms with Crippen LogP contribution in [-0.2, 0) is 9.53 Å². The lowest BCUT2D eigenvalue weighted by Gasteiger charge is -2.17. The Labute approximate surface area is 149 Å². The molecule has 1 fully saturated rings. The van der Waals surface area contributed by atoms with Crippen molar-refractivity contribution < 1.29 is 23.1 Å². The van der Waals surface area contributed by atoms with E-state index in [-0.39, 0.29) is 5.56 Å². The number of ether oxygens (including phenoxy) is 1. The normalized spacial score (nSPS) is 13.5. The van der Waals surface area contributed by atoms with Crippen molar-refractivity contribution in [1.82, 2.24) is 0 Å². The summed E-state index contributed by atoms with van der Waals surface area (Å²) in [5.74, 6) is -3.29. The molecule has 1 aliphatic heterocycles. The number of halogens is 2. The van der Waals surface area contributed by atoms with Crippen LogP contribution < -0.4 is 10.2 Å². The minimum Gasteiger partial charge on any atom is -0.452 e. The molecule has 26 heavy (non-hydrogen) atoms. The van der Waals surface area contributed by atoms with Crippen molar-refractivity contribution in [3.63, 3.8) is 0 Å². The van der Waals surface area contributed by atoms with Gasteiger partial charge in [0, 0.05) is 30.5 Å². The number of hydrogen-bond donors (Lipinski definition) is 1. The smallest absolute Gasteiger partial charge is 0.338 e. The van der Waals surface area contributed by atoms with Crippen LogP contribution in [0.1, 0.15) is 23.2 Å². The number of hydrogen-bond acceptors (Lipinski definition) is 4. The zero-order valence-electron chi connectivity index (χ0n) is 14.0. The minimum atomic E-state index is -0.970. The topological polar surface area (TPSA) is 58.6 Å². The summed E-state index contributed by atoms with van der Waals surface area (Å²) >= 11 is 0. The van der Waals surface area contributed by atoms with Crippen molar-refractivity contribution in [3.05, 3.63) is 59.7 Å². The molecule has 0 bridgehead atoms. The number of amides is 1. The molecule has 2 aromatic rings. The van der Waals surface area contributed by atoms with Crippen molar-refractivity contribution in [2.24, 2.45) is 0 Å². The Morgan fingerprint density at radius 3 is 2.23 bits per heavy atom. The molecule has 0 aromatic heterocycles. The van der Waals surface area contributed by atoms with E-state index in [1.165, 1.54) is 12.8 Å². The van der Waals surface area contributed by atoms with Crippen LogP contribution >= 0.6 is 0 Å². The molecule has 0 unspecified atom stereocenters. The van der Waals surface area contributed by atoms with Crippen LogP contribution in [0.4, 0.5) is 20.2 Å². The van der Waals surface area contributed by atoms with Crippen molar-refractivity contribution >= 4 is 23.3 Å². The second kappa shape index (κ2) is 7.95. The highest BCUT2D eigenvalue weighted by molar-refractivity contribution is 5.95. The Morgan fingerprint density at radius 2 is 1.62 bits per heavy atom. The average molecular weight is 360 g/mol. The molecule has 1 amide bonds. The van der Waals surface area contributed by atoms with Gasteiger partial charge in [-0.05, 0) is 49.2 Å². The molecule has 0 radical (unpaired) electrons. The van der Waals surface area contributed by atoms with Crippen molar-refractivity contribution in [3.8, 4) is 0 Å². The van der Waals surface area contributed by atoms with E-state index in [4.69, 9.17) is 4.74 Å². The standard InChI is InChI=1S/C19H18F2N2O3/c20-14-9-13(10-15(21)11-14)19(25)26-12-18(24)22-16-3-5-17(6-4-16)23-7-1-2-8-23/h3-6,9-11H,1-2,7-8,12H2,(H,22,24). The van der Waals surface area contributed by atoms with Gasteiger partial charge in [0.2, 0.25) is 0 Å². The fraction of sp³-hybridized carbons (Fsp3) is 0.263. The highest BCUT2D eigenvalue weighted by Crippen LogP contribution is 2.22. The van der Waals surface area contributed by atoms with Crippen LogP contribution in [-0.4, -0.2) is 31.6 Å². The van der Waals surface area contributed by atoms with Gasteiger partial charge >= 0.3 is 5.97 Å². The minimum absolute atomic E-state index is 0.287. The maximum Gasteiger partial charge on any atom is 0.338 e. The SMILES string of the molecule is O=C(COC(=O)c1cc(F)cc(F)c1)Nc1ccc(N2CCCC2)cc1. The summed E-state index contributed by atoms with van der Waals surface area (Å²) in [5, 5.41) is 2.61. The predicted molar refractivity (Wildman–Crippen MR) is 93.2 cm³/mol. The highest BCUT2D eigenvalue weighted by Gasteiger charge is 2.14. The number of anilines is 2. The number of carbonyl (C=O) groups is 2. The molecule has 3 rings (SSSR count). The first-order valence-corrected chi connectivity index (χ1v) is 8.29. The van der Waals surface area contributed by atoms with Gasteiger partial charge in [-0.1, -0.05) is 0 Å². The van der Waals surface area contributed by atoms with Crippen molar-refractivity contribution in [1.29, 1.82) is 0 Å². The van der Waals surface area contributed by atoms with E-state index in [0.29, 0.717) is 11.8 Å². The Balaban J connectivity index is 1.51. The van der Waals surface area contributed by atoms with Crippen LogP contribution in [0.25, 0.3) is 0 Å². The van der Waals surface area contributed by atoms with E-state index >= 15 is 0 Å². The lowest BCUT2D eigenvalue weighted by molar-refractivity contribution is -0.119.